The lowest BCUT2D eigenvalue weighted by molar-refractivity contribution is -0.132. The van der Waals surface area contributed by atoms with Crippen LogP contribution in [0.1, 0.15) is 6.42 Å². The summed E-state index contributed by atoms with van der Waals surface area (Å²) < 4.78 is 27.6. The number of nitrogens with two attached hydrogens (primary N) is 1. The van der Waals surface area contributed by atoms with Crippen LogP contribution in [0.2, 0.25) is 0 Å². The SMILES string of the molecule is COCCN(C(=O)CN)C1CCS(=O)(=O)C1. The fraction of sp³-hybridized carbons (Fsp3) is 0.889. The number of hydrogen-bond acceptors (Lipinski definition) is 5. The number of nitrogens with zero attached hydrogens (tertiary/aromatic N) is 1. The summed E-state index contributed by atoms with van der Waals surface area (Å²) >= 11 is 0. The number of carbonyl (C=O) groups is 1. The van der Waals surface area contributed by atoms with Gasteiger partial charge in [-0.1, -0.05) is 0 Å². The molecule has 1 heterocycles. The van der Waals surface area contributed by atoms with Crippen molar-refractivity contribution >= 4 is 15.7 Å². The predicted octanol–water partition coefficient (Wildman–Crippen LogP) is -1.39. The first-order chi connectivity index (χ1) is 7.50. The highest BCUT2D eigenvalue weighted by atomic mass is 32.2. The topological polar surface area (TPSA) is 89.7 Å². The maximum Gasteiger partial charge on any atom is 0.236 e. The van der Waals surface area contributed by atoms with Gasteiger partial charge in [0.1, 0.15) is 0 Å². The largest absolute Gasteiger partial charge is 0.383 e. The summed E-state index contributed by atoms with van der Waals surface area (Å²) in [5.74, 6) is -0.0271. The van der Waals surface area contributed by atoms with E-state index in [2.05, 4.69) is 0 Å². The van der Waals surface area contributed by atoms with Gasteiger partial charge in [-0.3, -0.25) is 4.79 Å². The van der Waals surface area contributed by atoms with E-state index in [1.165, 1.54) is 12.0 Å². The molecular formula is C9H18N2O4S. The monoisotopic (exact) mass is 250 g/mol. The minimum Gasteiger partial charge on any atom is -0.383 e. The van der Waals surface area contributed by atoms with Gasteiger partial charge in [-0.25, -0.2) is 8.42 Å². The second kappa shape index (κ2) is 5.60. The maximum absolute atomic E-state index is 11.6. The first kappa shape index (κ1) is 13.4. The van der Waals surface area contributed by atoms with Crippen molar-refractivity contribution in [3.8, 4) is 0 Å². The lowest BCUT2D eigenvalue weighted by Gasteiger charge is -2.27. The first-order valence-electron chi connectivity index (χ1n) is 5.19. The van der Waals surface area contributed by atoms with Gasteiger partial charge < -0.3 is 15.4 Å². The van der Waals surface area contributed by atoms with E-state index in [1.807, 2.05) is 0 Å². The van der Waals surface area contributed by atoms with Crippen LogP contribution >= 0.6 is 0 Å². The molecule has 0 aliphatic carbocycles. The summed E-state index contributed by atoms with van der Waals surface area (Å²) in [5, 5.41) is 0. The van der Waals surface area contributed by atoms with Crippen molar-refractivity contribution < 1.29 is 17.9 Å². The average molecular weight is 250 g/mol. The molecule has 1 fully saturated rings. The molecule has 0 bridgehead atoms. The van der Waals surface area contributed by atoms with Crippen molar-refractivity contribution in [2.45, 2.75) is 12.5 Å². The Morgan fingerprint density at radius 2 is 2.25 bits per heavy atom. The van der Waals surface area contributed by atoms with Gasteiger partial charge in [0.2, 0.25) is 5.91 Å². The molecule has 1 rings (SSSR count). The predicted molar refractivity (Wildman–Crippen MR) is 59.7 cm³/mol. The molecular weight excluding hydrogens is 232 g/mol. The second-order valence-electron chi connectivity index (χ2n) is 3.84. The van der Waals surface area contributed by atoms with Crippen molar-refractivity contribution in [3.63, 3.8) is 0 Å². The summed E-state index contributed by atoms with van der Waals surface area (Å²) in [4.78, 5) is 13.1. The first-order valence-corrected chi connectivity index (χ1v) is 7.01. The Morgan fingerprint density at radius 3 is 2.69 bits per heavy atom. The average Bonchev–Trinajstić information content (AvgIpc) is 2.59. The molecule has 94 valence electrons. The quantitative estimate of drug-likeness (QED) is 0.648. The molecule has 0 saturated carbocycles. The molecule has 6 nitrogen and oxygen atoms in total. The Balaban J connectivity index is 2.66. The highest BCUT2D eigenvalue weighted by Crippen LogP contribution is 2.17. The van der Waals surface area contributed by atoms with E-state index in [-0.39, 0.29) is 30.0 Å². The van der Waals surface area contributed by atoms with E-state index in [9.17, 15) is 13.2 Å². The molecule has 0 aromatic heterocycles. The lowest BCUT2D eigenvalue weighted by atomic mass is 10.2. The summed E-state index contributed by atoms with van der Waals surface area (Å²) in [7, 11) is -1.44. The smallest absolute Gasteiger partial charge is 0.236 e. The van der Waals surface area contributed by atoms with Crippen LogP contribution in [0.4, 0.5) is 0 Å². The van der Waals surface area contributed by atoms with E-state index in [0.717, 1.165) is 0 Å². The fourth-order valence-corrected chi connectivity index (χ4v) is 3.57. The van der Waals surface area contributed by atoms with E-state index in [4.69, 9.17) is 10.5 Å². The van der Waals surface area contributed by atoms with Gasteiger partial charge in [-0.05, 0) is 6.42 Å². The molecule has 1 atom stereocenters. The van der Waals surface area contributed by atoms with Gasteiger partial charge in [-0.15, -0.1) is 0 Å². The van der Waals surface area contributed by atoms with E-state index in [0.29, 0.717) is 19.6 Å². The maximum atomic E-state index is 11.6. The Morgan fingerprint density at radius 1 is 1.56 bits per heavy atom. The summed E-state index contributed by atoms with van der Waals surface area (Å²) in [6.45, 7) is 0.690. The van der Waals surface area contributed by atoms with Crippen LogP contribution in [-0.2, 0) is 19.4 Å². The van der Waals surface area contributed by atoms with Crippen LogP contribution in [0.5, 0.6) is 0 Å². The number of hydrogen-bond donors (Lipinski definition) is 1. The molecule has 1 amide bonds. The molecule has 1 aliphatic heterocycles. The number of sulfone groups is 1. The Kier molecular flexibility index (Phi) is 4.69. The van der Waals surface area contributed by atoms with Gasteiger partial charge in [0.25, 0.3) is 0 Å². The van der Waals surface area contributed by atoms with Gasteiger partial charge in [0.05, 0.1) is 24.7 Å². The van der Waals surface area contributed by atoms with Gasteiger partial charge in [0, 0.05) is 19.7 Å². The van der Waals surface area contributed by atoms with Crippen LogP contribution in [0.25, 0.3) is 0 Å². The lowest BCUT2D eigenvalue weighted by Crippen LogP contribution is -2.45. The van der Waals surface area contributed by atoms with E-state index < -0.39 is 9.84 Å². The number of amides is 1. The Labute approximate surface area is 95.7 Å². The minimum atomic E-state index is -2.98. The van der Waals surface area contributed by atoms with Gasteiger partial charge in [0.15, 0.2) is 9.84 Å². The highest BCUT2D eigenvalue weighted by Gasteiger charge is 2.33. The van der Waals surface area contributed by atoms with Crippen molar-refractivity contribution in [1.82, 2.24) is 4.90 Å². The fourth-order valence-electron chi connectivity index (χ4n) is 1.84. The van der Waals surface area contributed by atoms with Crippen molar-refractivity contribution in [2.24, 2.45) is 5.73 Å². The number of methoxy groups -OCH3 is 1. The van der Waals surface area contributed by atoms with Gasteiger partial charge >= 0.3 is 0 Å². The molecule has 0 spiro atoms. The summed E-state index contributed by atoms with van der Waals surface area (Å²) in [6, 6.07) is -0.240. The molecule has 0 aromatic carbocycles. The van der Waals surface area contributed by atoms with Crippen molar-refractivity contribution in [1.29, 1.82) is 0 Å². The molecule has 1 unspecified atom stereocenters. The van der Waals surface area contributed by atoms with E-state index in [1.54, 1.807) is 0 Å². The second-order valence-corrected chi connectivity index (χ2v) is 6.07. The normalized spacial score (nSPS) is 23.2. The Hall–Kier alpha value is -0.660. The molecule has 1 saturated heterocycles. The third-order valence-electron chi connectivity index (χ3n) is 2.68. The molecule has 16 heavy (non-hydrogen) atoms. The van der Waals surface area contributed by atoms with Crippen LogP contribution in [0.3, 0.4) is 0 Å². The van der Waals surface area contributed by atoms with E-state index >= 15 is 0 Å². The van der Waals surface area contributed by atoms with Crippen LogP contribution in [-0.4, -0.2) is 63.6 Å². The third-order valence-corrected chi connectivity index (χ3v) is 4.43. The van der Waals surface area contributed by atoms with Crippen LogP contribution < -0.4 is 5.73 Å². The van der Waals surface area contributed by atoms with Crippen LogP contribution in [0.15, 0.2) is 0 Å². The van der Waals surface area contributed by atoms with Crippen LogP contribution in [0, 0.1) is 0 Å². The molecule has 1 aliphatic rings. The van der Waals surface area contributed by atoms with Gasteiger partial charge in [-0.2, -0.15) is 0 Å². The zero-order chi connectivity index (χ0) is 12.2. The third kappa shape index (κ3) is 3.43. The molecule has 0 aromatic rings. The molecule has 2 N–H and O–H groups in total. The molecule has 0 radical (unpaired) electrons. The number of rotatable bonds is 5. The summed E-state index contributed by atoms with van der Waals surface area (Å²) in [6.07, 6.45) is 0.498. The number of carbonyl (C=O) groups excluding carboxylic acids is 1. The van der Waals surface area contributed by atoms with Crippen molar-refractivity contribution in [3.05, 3.63) is 0 Å². The van der Waals surface area contributed by atoms with Crippen molar-refractivity contribution in [2.75, 3.05) is 38.3 Å². The standard InChI is InChI=1S/C9H18N2O4S/c1-15-4-3-11(9(12)6-10)8-2-5-16(13,14)7-8/h8H,2-7,10H2,1H3. The number of ether oxygens (including phenoxy) is 1. The zero-order valence-electron chi connectivity index (χ0n) is 9.39. The zero-order valence-corrected chi connectivity index (χ0v) is 10.2. The Bertz CT molecular complexity index is 341. The highest BCUT2D eigenvalue weighted by molar-refractivity contribution is 7.91. The molecule has 7 heteroatoms. The minimum absolute atomic E-state index is 0.0441. The summed E-state index contributed by atoms with van der Waals surface area (Å²) in [5.41, 5.74) is 5.30.